The van der Waals surface area contributed by atoms with Crippen LogP contribution in [-0.2, 0) is 16.3 Å². The molecule has 32 heavy (non-hydrogen) atoms. The molecule has 7 nitrogen and oxygen atoms in total. The van der Waals surface area contributed by atoms with Gasteiger partial charge < -0.3 is 5.32 Å². The van der Waals surface area contributed by atoms with Crippen molar-refractivity contribution in [2.24, 2.45) is 0 Å². The van der Waals surface area contributed by atoms with Crippen LogP contribution in [0, 0.1) is 0 Å². The molecular weight excluding hydrogens is 446 g/mol. The first kappa shape index (κ1) is 20.4. The van der Waals surface area contributed by atoms with Gasteiger partial charge in [-0.25, -0.2) is 13.4 Å². The van der Waals surface area contributed by atoms with E-state index < -0.39 is 9.84 Å². The molecule has 0 aliphatic carbocycles. The quantitative estimate of drug-likeness (QED) is 0.401. The molecule has 0 fully saturated rings. The fourth-order valence-electron chi connectivity index (χ4n) is 3.55. The van der Waals surface area contributed by atoms with Crippen molar-refractivity contribution in [2.45, 2.75) is 16.3 Å². The van der Waals surface area contributed by atoms with E-state index >= 15 is 0 Å². The number of sulfone groups is 1. The third kappa shape index (κ3) is 3.68. The number of hydrogen-bond donors (Lipinski definition) is 1. The molecule has 160 valence electrons. The summed E-state index contributed by atoms with van der Waals surface area (Å²) in [5.74, 6) is 0.582. The molecular formula is C23H18ClN5O2S. The third-order valence-corrected chi connectivity index (χ3v) is 7.07. The Kier molecular flexibility index (Phi) is 5.24. The molecule has 0 bridgehead atoms. The van der Waals surface area contributed by atoms with Crippen LogP contribution in [0.1, 0.15) is 5.56 Å². The fraction of sp³-hybridized carbons (Fsp3) is 0.0870. The van der Waals surface area contributed by atoms with E-state index in [1.165, 1.54) is 34.3 Å². The van der Waals surface area contributed by atoms with Gasteiger partial charge in [-0.15, -0.1) is 5.10 Å². The van der Waals surface area contributed by atoms with Crippen LogP contribution in [0.15, 0.2) is 88.8 Å². The topological polar surface area (TPSA) is 89.2 Å². The van der Waals surface area contributed by atoms with Gasteiger partial charge in [-0.1, -0.05) is 59.3 Å². The second kappa shape index (κ2) is 8.22. The molecule has 1 N–H and O–H groups in total. The van der Waals surface area contributed by atoms with Gasteiger partial charge in [-0.3, -0.25) is 0 Å². The summed E-state index contributed by atoms with van der Waals surface area (Å²) < 4.78 is 28.0. The van der Waals surface area contributed by atoms with Crippen LogP contribution < -0.4 is 5.32 Å². The van der Waals surface area contributed by atoms with E-state index in [9.17, 15) is 8.42 Å². The number of para-hydroxylation sites is 1. The second-order valence-corrected chi connectivity index (χ2v) is 9.53. The van der Waals surface area contributed by atoms with Crippen molar-refractivity contribution >= 4 is 43.8 Å². The van der Waals surface area contributed by atoms with Gasteiger partial charge in [-0.2, -0.15) is 4.52 Å². The van der Waals surface area contributed by atoms with Gasteiger partial charge in [0.2, 0.25) is 14.9 Å². The summed E-state index contributed by atoms with van der Waals surface area (Å²) in [4.78, 5) is 4.71. The van der Waals surface area contributed by atoms with E-state index in [0.29, 0.717) is 22.9 Å². The zero-order valence-corrected chi connectivity index (χ0v) is 18.4. The van der Waals surface area contributed by atoms with Crippen molar-refractivity contribution in [3.05, 3.63) is 89.4 Å². The number of rotatable bonds is 6. The molecule has 2 heterocycles. The maximum Gasteiger partial charge on any atom is 0.229 e. The molecule has 5 rings (SSSR count). The Morgan fingerprint density at radius 2 is 1.62 bits per heavy atom. The van der Waals surface area contributed by atoms with Crippen LogP contribution in [0.25, 0.3) is 16.6 Å². The first-order valence-corrected chi connectivity index (χ1v) is 11.8. The maximum absolute atomic E-state index is 13.2. The maximum atomic E-state index is 13.2. The molecule has 0 amide bonds. The Bertz CT molecular complexity index is 1520. The van der Waals surface area contributed by atoms with Crippen molar-refractivity contribution in [2.75, 3.05) is 11.9 Å². The molecule has 0 saturated heterocycles. The van der Waals surface area contributed by atoms with Crippen molar-refractivity contribution in [3.8, 4) is 0 Å². The lowest BCUT2D eigenvalue weighted by Crippen LogP contribution is -2.09. The van der Waals surface area contributed by atoms with Crippen molar-refractivity contribution < 1.29 is 8.42 Å². The molecule has 0 aliphatic rings. The Balaban J connectivity index is 1.59. The SMILES string of the molecule is O=S(=O)(c1ccc(Cl)cc1)c1nnn2c1nc(NCCc1ccccc1)c1ccccc12. The van der Waals surface area contributed by atoms with E-state index in [2.05, 4.69) is 32.7 Å². The number of benzene rings is 3. The number of nitrogens with one attached hydrogen (secondary N) is 1. The van der Waals surface area contributed by atoms with Gasteiger partial charge in [0, 0.05) is 17.0 Å². The fourth-order valence-corrected chi connectivity index (χ4v) is 4.91. The molecule has 3 aromatic carbocycles. The first-order valence-electron chi connectivity index (χ1n) is 9.97. The van der Waals surface area contributed by atoms with Crippen LogP contribution in [0.4, 0.5) is 5.82 Å². The predicted octanol–water partition coefficient (Wildman–Crippen LogP) is 4.42. The van der Waals surface area contributed by atoms with Crippen LogP contribution in [0.2, 0.25) is 5.02 Å². The number of anilines is 1. The summed E-state index contributed by atoms with van der Waals surface area (Å²) in [6, 6.07) is 23.6. The number of fused-ring (bicyclic) bond motifs is 3. The van der Waals surface area contributed by atoms with E-state index in [4.69, 9.17) is 11.6 Å². The van der Waals surface area contributed by atoms with Crippen LogP contribution in [-0.4, -0.2) is 34.8 Å². The average Bonchev–Trinajstić information content (AvgIpc) is 3.25. The van der Waals surface area contributed by atoms with Crippen LogP contribution in [0.3, 0.4) is 0 Å². The number of hydrogen-bond acceptors (Lipinski definition) is 6. The lowest BCUT2D eigenvalue weighted by molar-refractivity contribution is 0.592. The highest BCUT2D eigenvalue weighted by Crippen LogP contribution is 2.28. The minimum Gasteiger partial charge on any atom is -0.369 e. The van der Waals surface area contributed by atoms with Gasteiger partial charge in [0.1, 0.15) is 5.82 Å². The first-order chi connectivity index (χ1) is 15.5. The summed E-state index contributed by atoms with van der Waals surface area (Å²) in [7, 11) is -3.93. The van der Waals surface area contributed by atoms with Gasteiger partial charge in [-0.05, 0) is 48.4 Å². The summed E-state index contributed by atoms with van der Waals surface area (Å²) in [5, 5.41) is 12.5. The summed E-state index contributed by atoms with van der Waals surface area (Å²) in [6.07, 6.45) is 0.801. The van der Waals surface area contributed by atoms with Gasteiger partial charge >= 0.3 is 0 Å². The molecule has 0 atom stereocenters. The smallest absolute Gasteiger partial charge is 0.229 e. The Morgan fingerprint density at radius 3 is 2.41 bits per heavy atom. The Hall–Kier alpha value is -3.49. The number of halogens is 1. The lowest BCUT2D eigenvalue weighted by Gasteiger charge is -2.10. The van der Waals surface area contributed by atoms with E-state index in [0.717, 1.165) is 11.8 Å². The van der Waals surface area contributed by atoms with Crippen molar-refractivity contribution in [1.29, 1.82) is 0 Å². The summed E-state index contributed by atoms with van der Waals surface area (Å²) in [5.41, 5.74) is 2.08. The molecule has 0 spiro atoms. The molecule has 0 aliphatic heterocycles. The lowest BCUT2D eigenvalue weighted by atomic mass is 10.1. The predicted molar refractivity (Wildman–Crippen MR) is 124 cm³/mol. The van der Waals surface area contributed by atoms with Crippen molar-refractivity contribution in [1.82, 2.24) is 19.8 Å². The monoisotopic (exact) mass is 463 g/mol. The summed E-state index contributed by atoms with van der Waals surface area (Å²) >= 11 is 5.91. The zero-order valence-electron chi connectivity index (χ0n) is 16.8. The largest absolute Gasteiger partial charge is 0.369 e. The minimum absolute atomic E-state index is 0.0813. The van der Waals surface area contributed by atoms with Gasteiger partial charge in [0.25, 0.3) is 0 Å². The number of aromatic nitrogens is 4. The molecule has 5 aromatic rings. The van der Waals surface area contributed by atoms with E-state index in [1.54, 1.807) is 0 Å². The van der Waals surface area contributed by atoms with E-state index in [-0.39, 0.29) is 15.6 Å². The van der Waals surface area contributed by atoms with E-state index in [1.807, 2.05) is 42.5 Å². The summed E-state index contributed by atoms with van der Waals surface area (Å²) in [6.45, 7) is 0.637. The molecule has 9 heteroatoms. The highest BCUT2D eigenvalue weighted by atomic mass is 35.5. The molecule has 0 saturated carbocycles. The second-order valence-electron chi connectivity index (χ2n) is 7.23. The Morgan fingerprint density at radius 1 is 0.906 bits per heavy atom. The molecule has 0 unspecified atom stereocenters. The zero-order chi connectivity index (χ0) is 22.1. The minimum atomic E-state index is -3.93. The standard InChI is InChI=1S/C23H18ClN5O2S/c24-17-10-12-18(13-11-17)32(30,31)23-22-26-21(25-15-14-16-6-2-1-3-7-16)19-8-4-5-9-20(19)29(22)28-27-23/h1-13H,14-15H2,(H,25,26). The van der Waals surface area contributed by atoms with Crippen LogP contribution >= 0.6 is 11.6 Å². The highest BCUT2D eigenvalue weighted by molar-refractivity contribution is 7.91. The third-order valence-electron chi connectivity index (χ3n) is 5.15. The normalized spacial score (nSPS) is 11.8. The molecule has 0 radical (unpaired) electrons. The average molecular weight is 464 g/mol. The molecule has 2 aromatic heterocycles. The van der Waals surface area contributed by atoms with Crippen molar-refractivity contribution in [3.63, 3.8) is 0 Å². The highest BCUT2D eigenvalue weighted by Gasteiger charge is 2.27. The Labute approximate surface area is 189 Å². The van der Waals surface area contributed by atoms with Gasteiger partial charge in [0.05, 0.1) is 10.4 Å². The van der Waals surface area contributed by atoms with Crippen LogP contribution in [0.5, 0.6) is 0 Å². The number of nitrogens with zero attached hydrogens (tertiary/aromatic N) is 4. The van der Waals surface area contributed by atoms with Gasteiger partial charge in [0.15, 0.2) is 5.65 Å².